The van der Waals surface area contributed by atoms with Gasteiger partial charge in [0.1, 0.15) is 6.61 Å². The second-order valence-electron chi connectivity index (χ2n) is 9.91. The Morgan fingerprint density at radius 2 is 2.00 bits per heavy atom. The molecule has 0 radical (unpaired) electrons. The minimum atomic E-state index is -1.42. The summed E-state index contributed by atoms with van der Waals surface area (Å²) in [5.41, 5.74) is 0.357. The van der Waals surface area contributed by atoms with Crippen LogP contribution in [0.25, 0.3) is 0 Å². The first-order valence-corrected chi connectivity index (χ1v) is 11.3. The largest absolute Gasteiger partial charge is 0.450 e. The Hall–Kier alpha value is -2.05. The highest BCUT2D eigenvalue weighted by Crippen LogP contribution is 2.65. The number of aliphatic hydroxyl groups excluding tert-OH is 2. The fourth-order valence-corrected chi connectivity index (χ4v) is 6.84. The summed E-state index contributed by atoms with van der Waals surface area (Å²) in [6.45, 7) is 5.15. The van der Waals surface area contributed by atoms with E-state index in [9.17, 15) is 24.6 Å². The van der Waals surface area contributed by atoms with Crippen LogP contribution in [0.15, 0.2) is 34.9 Å². The average molecular weight is 429 g/mol. The van der Waals surface area contributed by atoms with Crippen molar-refractivity contribution in [2.45, 2.75) is 77.4 Å². The van der Waals surface area contributed by atoms with E-state index in [2.05, 4.69) is 0 Å². The predicted octanol–water partition coefficient (Wildman–Crippen LogP) is 2.97. The van der Waals surface area contributed by atoms with Crippen molar-refractivity contribution in [3.63, 3.8) is 0 Å². The molecule has 0 unspecified atom stereocenters. The molecule has 168 valence electrons. The zero-order chi connectivity index (χ0) is 22.6. The number of esters is 1. The van der Waals surface area contributed by atoms with Gasteiger partial charge in [0.2, 0.25) is 5.78 Å². The van der Waals surface area contributed by atoms with Crippen LogP contribution in [0.3, 0.4) is 0 Å². The van der Waals surface area contributed by atoms with Crippen molar-refractivity contribution in [2.75, 3.05) is 6.61 Å². The number of Topliss-reactive ketones (excluding diaryl/α,β-unsaturated/α-hetero) is 1. The van der Waals surface area contributed by atoms with Gasteiger partial charge in [-0.1, -0.05) is 31.1 Å². The fraction of sp³-hybridized carbons (Fsp3) is 0.640. The quantitative estimate of drug-likeness (QED) is 0.516. The molecule has 0 aromatic heterocycles. The van der Waals surface area contributed by atoms with E-state index in [0.29, 0.717) is 25.7 Å². The highest BCUT2D eigenvalue weighted by atomic mass is 16.6. The molecule has 31 heavy (non-hydrogen) atoms. The molecule has 0 amide bonds. The number of ether oxygens (including phenoxy) is 1. The SMILES string of the molecule is CCCC(=O)O[C@]1(C(=O)CO)CC[C@H]2C3=C([C@@H](O)C[C@@]21C)[C@@]1(C)C=CC(=O)C=C1CC3. The lowest BCUT2D eigenvalue weighted by molar-refractivity contribution is -0.186. The minimum Gasteiger partial charge on any atom is -0.450 e. The van der Waals surface area contributed by atoms with Crippen LogP contribution < -0.4 is 0 Å². The van der Waals surface area contributed by atoms with Gasteiger partial charge in [0.05, 0.1) is 6.10 Å². The van der Waals surface area contributed by atoms with E-state index in [4.69, 9.17) is 4.74 Å². The molecule has 6 nitrogen and oxygen atoms in total. The molecule has 0 bridgehead atoms. The first-order valence-electron chi connectivity index (χ1n) is 11.3. The molecule has 5 atom stereocenters. The Morgan fingerprint density at radius 3 is 2.68 bits per heavy atom. The summed E-state index contributed by atoms with van der Waals surface area (Å²) in [4.78, 5) is 37.5. The molecule has 0 aromatic rings. The van der Waals surface area contributed by atoms with Crippen molar-refractivity contribution < 1.29 is 29.3 Å². The van der Waals surface area contributed by atoms with Crippen LogP contribution in [0, 0.1) is 16.7 Å². The van der Waals surface area contributed by atoms with Crippen molar-refractivity contribution in [3.05, 3.63) is 34.9 Å². The van der Waals surface area contributed by atoms with Crippen molar-refractivity contribution in [3.8, 4) is 0 Å². The van der Waals surface area contributed by atoms with Crippen LogP contribution in [0.5, 0.6) is 0 Å². The molecule has 6 heteroatoms. The van der Waals surface area contributed by atoms with E-state index in [-0.39, 0.29) is 24.5 Å². The summed E-state index contributed by atoms with van der Waals surface area (Å²) in [7, 11) is 0. The highest BCUT2D eigenvalue weighted by Gasteiger charge is 2.67. The smallest absolute Gasteiger partial charge is 0.306 e. The van der Waals surface area contributed by atoms with Gasteiger partial charge in [-0.05, 0) is 69.1 Å². The maximum Gasteiger partial charge on any atom is 0.306 e. The van der Waals surface area contributed by atoms with Gasteiger partial charge < -0.3 is 14.9 Å². The maximum atomic E-state index is 13.0. The van der Waals surface area contributed by atoms with Crippen molar-refractivity contribution in [1.29, 1.82) is 0 Å². The number of allylic oxidation sites excluding steroid dienone is 5. The maximum absolute atomic E-state index is 13.0. The van der Waals surface area contributed by atoms with Crippen LogP contribution in [0.2, 0.25) is 0 Å². The Labute approximate surface area is 183 Å². The topological polar surface area (TPSA) is 101 Å². The molecule has 4 aliphatic rings. The molecule has 1 saturated carbocycles. The summed E-state index contributed by atoms with van der Waals surface area (Å²) in [6.07, 6.45) is 7.86. The number of hydrogen-bond acceptors (Lipinski definition) is 6. The van der Waals surface area contributed by atoms with Crippen LogP contribution >= 0.6 is 0 Å². The van der Waals surface area contributed by atoms with E-state index < -0.39 is 40.9 Å². The lowest BCUT2D eigenvalue weighted by Crippen LogP contribution is -2.58. The van der Waals surface area contributed by atoms with Crippen LogP contribution in [0.4, 0.5) is 0 Å². The number of fused-ring (bicyclic) bond motifs is 4. The summed E-state index contributed by atoms with van der Waals surface area (Å²) in [5, 5.41) is 21.2. The predicted molar refractivity (Wildman–Crippen MR) is 114 cm³/mol. The zero-order valence-corrected chi connectivity index (χ0v) is 18.6. The Balaban J connectivity index is 1.81. The van der Waals surface area contributed by atoms with E-state index in [1.54, 1.807) is 12.2 Å². The Morgan fingerprint density at radius 1 is 1.26 bits per heavy atom. The fourth-order valence-electron chi connectivity index (χ4n) is 6.84. The van der Waals surface area contributed by atoms with Gasteiger partial charge in [0.15, 0.2) is 11.4 Å². The number of carbonyl (C=O) groups excluding carboxylic acids is 3. The van der Waals surface area contributed by atoms with E-state index in [0.717, 1.165) is 23.1 Å². The summed E-state index contributed by atoms with van der Waals surface area (Å²) >= 11 is 0. The molecule has 1 fully saturated rings. The molecule has 0 aromatic carbocycles. The number of carbonyl (C=O) groups is 3. The van der Waals surface area contributed by atoms with Gasteiger partial charge in [-0.15, -0.1) is 0 Å². The summed E-state index contributed by atoms with van der Waals surface area (Å²) in [6, 6.07) is 0. The standard InChI is InChI=1S/C25H32O6/c1-4-5-21(30)31-25(20(29)14-26)11-9-18-17-7-6-15-12-16(27)8-10-23(15,2)22(17)19(28)13-24(18,25)3/h8,10,12,18-19,26,28H,4-7,9,11,13-14H2,1-3H3/t18-,19-,23-,24-,25-/m0/s1. The highest BCUT2D eigenvalue weighted by molar-refractivity contribution is 6.01. The lowest BCUT2D eigenvalue weighted by atomic mass is 9.52. The van der Waals surface area contributed by atoms with Gasteiger partial charge in [-0.3, -0.25) is 14.4 Å². The van der Waals surface area contributed by atoms with Crippen molar-refractivity contribution in [2.24, 2.45) is 16.7 Å². The lowest BCUT2D eigenvalue weighted by Gasteiger charge is -2.53. The summed E-state index contributed by atoms with van der Waals surface area (Å²) in [5.74, 6) is -0.970. The van der Waals surface area contributed by atoms with Crippen LogP contribution in [-0.2, 0) is 19.1 Å². The van der Waals surface area contributed by atoms with Gasteiger partial charge in [-0.25, -0.2) is 0 Å². The summed E-state index contributed by atoms with van der Waals surface area (Å²) < 4.78 is 5.89. The first-order chi connectivity index (χ1) is 14.6. The second-order valence-corrected chi connectivity index (χ2v) is 9.91. The third kappa shape index (κ3) is 3.02. The Bertz CT molecular complexity index is 926. The molecular weight excluding hydrogens is 396 g/mol. The average Bonchev–Trinajstić information content (AvgIpc) is 3.00. The van der Waals surface area contributed by atoms with Crippen LogP contribution in [-0.4, -0.2) is 46.1 Å². The number of aliphatic hydroxyl groups is 2. The number of ketones is 2. The van der Waals surface area contributed by atoms with Gasteiger partial charge in [0, 0.05) is 17.3 Å². The Kier molecular flexibility index (Phi) is 5.38. The van der Waals surface area contributed by atoms with E-state index in [1.165, 1.54) is 0 Å². The second kappa shape index (κ2) is 7.52. The molecule has 0 saturated heterocycles. The molecule has 0 heterocycles. The molecular formula is C25H32O6. The minimum absolute atomic E-state index is 0.0251. The molecule has 4 rings (SSSR count). The van der Waals surface area contributed by atoms with E-state index in [1.807, 2.05) is 26.8 Å². The first kappa shape index (κ1) is 22.2. The normalized spacial score (nSPS) is 38.9. The monoisotopic (exact) mass is 428 g/mol. The van der Waals surface area contributed by atoms with Crippen LogP contribution in [0.1, 0.15) is 65.7 Å². The van der Waals surface area contributed by atoms with Crippen molar-refractivity contribution >= 4 is 17.5 Å². The zero-order valence-electron chi connectivity index (χ0n) is 18.6. The molecule has 2 N–H and O–H groups in total. The molecule has 0 aliphatic heterocycles. The third-order valence-corrected chi connectivity index (χ3v) is 8.32. The third-order valence-electron chi connectivity index (χ3n) is 8.32. The van der Waals surface area contributed by atoms with Gasteiger partial charge >= 0.3 is 5.97 Å². The van der Waals surface area contributed by atoms with Crippen molar-refractivity contribution in [1.82, 2.24) is 0 Å². The molecule has 0 spiro atoms. The van der Waals surface area contributed by atoms with Gasteiger partial charge in [0.25, 0.3) is 0 Å². The number of hydrogen-bond donors (Lipinski definition) is 2. The van der Waals surface area contributed by atoms with Gasteiger partial charge in [-0.2, -0.15) is 0 Å². The molecule has 4 aliphatic carbocycles. The van der Waals surface area contributed by atoms with E-state index >= 15 is 0 Å². The number of rotatable bonds is 5.